The van der Waals surface area contributed by atoms with Crippen molar-refractivity contribution in [1.82, 2.24) is 6.15 Å². The summed E-state index contributed by atoms with van der Waals surface area (Å²) in [6, 6.07) is 15.2. The summed E-state index contributed by atoms with van der Waals surface area (Å²) in [7, 11) is 0. The molecule has 0 aromatic heterocycles. The predicted molar refractivity (Wildman–Crippen MR) is 108 cm³/mol. The van der Waals surface area contributed by atoms with E-state index in [4.69, 9.17) is 4.74 Å². The Kier molecular flexibility index (Phi) is 6.58. The molecule has 3 rings (SSSR count). The molecule has 0 aliphatic heterocycles. The Morgan fingerprint density at radius 2 is 1.73 bits per heavy atom. The van der Waals surface area contributed by atoms with Crippen LogP contribution in [0.1, 0.15) is 31.9 Å². The average molecular weight is 354 g/mol. The van der Waals surface area contributed by atoms with Crippen LogP contribution >= 0.6 is 0 Å². The minimum absolute atomic E-state index is 0. The van der Waals surface area contributed by atoms with Crippen molar-refractivity contribution in [3.63, 3.8) is 0 Å². The summed E-state index contributed by atoms with van der Waals surface area (Å²) >= 11 is 0. The molecule has 26 heavy (non-hydrogen) atoms. The van der Waals surface area contributed by atoms with E-state index < -0.39 is 0 Å². The Hall–Kier alpha value is -2.59. The highest BCUT2D eigenvalue weighted by molar-refractivity contribution is 5.92. The highest BCUT2D eigenvalue weighted by Crippen LogP contribution is 2.34. The SMILES string of the molecule is CCNc1cc(Oc2cccc3c(CC)c(CC)ccc23)ccc1F.N. The smallest absolute Gasteiger partial charge is 0.146 e. The first-order chi connectivity index (χ1) is 12.2. The molecule has 138 valence electrons. The zero-order valence-electron chi connectivity index (χ0n) is 15.7. The molecule has 0 aliphatic rings. The van der Waals surface area contributed by atoms with Crippen LogP contribution in [0.25, 0.3) is 10.8 Å². The van der Waals surface area contributed by atoms with Gasteiger partial charge in [0, 0.05) is 18.0 Å². The lowest BCUT2D eigenvalue weighted by Gasteiger charge is -2.15. The second-order valence-corrected chi connectivity index (χ2v) is 6.04. The Morgan fingerprint density at radius 1 is 0.923 bits per heavy atom. The van der Waals surface area contributed by atoms with Crippen LogP contribution in [0.4, 0.5) is 10.1 Å². The van der Waals surface area contributed by atoms with Gasteiger partial charge in [-0.3, -0.25) is 0 Å². The molecule has 0 radical (unpaired) electrons. The molecule has 0 bridgehead atoms. The van der Waals surface area contributed by atoms with Crippen LogP contribution in [-0.4, -0.2) is 6.54 Å². The fourth-order valence-corrected chi connectivity index (χ4v) is 3.30. The van der Waals surface area contributed by atoms with Crippen LogP contribution in [-0.2, 0) is 12.8 Å². The van der Waals surface area contributed by atoms with E-state index in [9.17, 15) is 4.39 Å². The lowest BCUT2D eigenvalue weighted by molar-refractivity contribution is 0.486. The second kappa shape index (κ2) is 8.68. The summed E-state index contributed by atoms with van der Waals surface area (Å²) in [5, 5.41) is 5.34. The predicted octanol–water partition coefficient (Wildman–Crippen LogP) is 6.49. The summed E-state index contributed by atoms with van der Waals surface area (Å²) < 4.78 is 19.9. The Bertz CT molecular complexity index is 893. The minimum Gasteiger partial charge on any atom is -0.457 e. The number of nitrogens with one attached hydrogen (secondary N) is 1. The van der Waals surface area contributed by atoms with Gasteiger partial charge in [-0.15, -0.1) is 0 Å². The number of anilines is 1. The number of fused-ring (bicyclic) bond motifs is 1. The fraction of sp³-hybridized carbons (Fsp3) is 0.273. The number of benzene rings is 3. The molecule has 4 heteroatoms. The molecule has 0 unspecified atom stereocenters. The number of aryl methyl sites for hydroxylation is 2. The van der Waals surface area contributed by atoms with Crippen molar-refractivity contribution in [3.8, 4) is 11.5 Å². The summed E-state index contributed by atoms with van der Waals surface area (Å²) in [5.41, 5.74) is 3.21. The molecule has 4 N–H and O–H groups in total. The summed E-state index contributed by atoms with van der Waals surface area (Å²) in [6.45, 7) is 6.97. The van der Waals surface area contributed by atoms with E-state index >= 15 is 0 Å². The topological polar surface area (TPSA) is 56.3 Å². The number of hydrogen-bond donors (Lipinski definition) is 2. The number of rotatable bonds is 6. The monoisotopic (exact) mass is 354 g/mol. The van der Waals surface area contributed by atoms with Gasteiger partial charge >= 0.3 is 0 Å². The van der Waals surface area contributed by atoms with Crippen LogP contribution in [0.5, 0.6) is 11.5 Å². The Morgan fingerprint density at radius 3 is 2.42 bits per heavy atom. The van der Waals surface area contributed by atoms with Gasteiger partial charge in [-0.1, -0.05) is 38.1 Å². The maximum Gasteiger partial charge on any atom is 0.146 e. The van der Waals surface area contributed by atoms with Crippen molar-refractivity contribution in [2.45, 2.75) is 33.6 Å². The van der Waals surface area contributed by atoms with Gasteiger partial charge in [0.25, 0.3) is 0 Å². The average Bonchev–Trinajstić information content (AvgIpc) is 2.63. The number of ether oxygens (including phenoxy) is 1. The van der Waals surface area contributed by atoms with E-state index in [0.717, 1.165) is 24.0 Å². The van der Waals surface area contributed by atoms with Gasteiger partial charge in [0.1, 0.15) is 17.3 Å². The van der Waals surface area contributed by atoms with Gasteiger partial charge in [0.05, 0.1) is 5.69 Å². The molecular formula is C22H27FN2O. The van der Waals surface area contributed by atoms with Crippen LogP contribution in [0.3, 0.4) is 0 Å². The zero-order valence-corrected chi connectivity index (χ0v) is 15.7. The van der Waals surface area contributed by atoms with Crippen molar-refractivity contribution in [1.29, 1.82) is 0 Å². The molecule has 3 aromatic carbocycles. The van der Waals surface area contributed by atoms with Crippen LogP contribution in [0.2, 0.25) is 0 Å². The Balaban J connectivity index is 0.00000243. The lowest BCUT2D eigenvalue weighted by atomic mass is 9.95. The normalized spacial score (nSPS) is 10.5. The third-order valence-electron chi connectivity index (χ3n) is 4.50. The lowest BCUT2D eigenvalue weighted by Crippen LogP contribution is -1.99. The highest BCUT2D eigenvalue weighted by Gasteiger charge is 2.10. The molecule has 0 spiro atoms. The first kappa shape index (κ1) is 19.7. The molecule has 0 saturated heterocycles. The molecule has 0 heterocycles. The van der Waals surface area contributed by atoms with Crippen LogP contribution in [0.15, 0.2) is 48.5 Å². The molecule has 3 aromatic rings. The minimum atomic E-state index is -0.270. The molecule has 0 amide bonds. The van der Waals surface area contributed by atoms with Crippen LogP contribution in [0, 0.1) is 5.82 Å². The maximum absolute atomic E-state index is 13.8. The summed E-state index contributed by atoms with van der Waals surface area (Å²) in [6.07, 6.45) is 2.01. The van der Waals surface area contributed by atoms with Crippen molar-refractivity contribution in [3.05, 3.63) is 65.5 Å². The molecule has 0 aliphatic carbocycles. The van der Waals surface area contributed by atoms with Crippen molar-refractivity contribution in [2.75, 3.05) is 11.9 Å². The maximum atomic E-state index is 13.8. The molecule has 3 nitrogen and oxygen atoms in total. The number of halogens is 1. The summed E-state index contributed by atoms with van der Waals surface area (Å²) in [4.78, 5) is 0. The van der Waals surface area contributed by atoms with E-state index in [0.29, 0.717) is 18.0 Å². The van der Waals surface area contributed by atoms with Crippen molar-refractivity contribution < 1.29 is 9.13 Å². The highest BCUT2D eigenvalue weighted by atomic mass is 19.1. The second-order valence-electron chi connectivity index (χ2n) is 6.04. The van der Waals surface area contributed by atoms with Gasteiger partial charge in [-0.25, -0.2) is 4.39 Å². The van der Waals surface area contributed by atoms with E-state index in [1.807, 2.05) is 19.1 Å². The van der Waals surface area contributed by atoms with E-state index in [1.165, 1.54) is 22.6 Å². The fourth-order valence-electron chi connectivity index (χ4n) is 3.30. The van der Waals surface area contributed by atoms with E-state index in [-0.39, 0.29) is 12.0 Å². The third kappa shape index (κ3) is 3.81. The molecule has 0 atom stereocenters. The Labute approximate surface area is 154 Å². The van der Waals surface area contributed by atoms with E-state index in [2.05, 4.69) is 37.4 Å². The first-order valence-electron chi connectivity index (χ1n) is 8.92. The van der Waals surface area contributed by atoms with Gasteiger partial charge in [-0.05, 0) is 54.5 Å². The van der Waals surface area contributed by atoms with E-state index in [1.54, 1.807) is 12.1 Å². The third-order valence-corrected chi connectivity index (χ3v) is 4.50. The van der Waals surface area contributed by atoms with Gasteiger partial charge in [0.15, 0.2) is 0 Å². The zero-order chi connectivity index (χ0) is 17.8. The standard InChI is InChI=1S/C22H24FNO.H3N/c1-4-15-10-12-19-18(17(15)5-2)8-7-9-22(19)25-16-11-13-20(23)21(14-16)24-6-3;/h7-14,24H,4-6H2,1-3H3;1H3. The van der Waals surface area contributed by atoms with Crippen molar-refractivity contribution in [2.24, 2.45) is 0 Å². The van der Waals surface area contributed by atoms with Gasteiger partial charge in [0.2, 0.25) is 0 Å². The van der Waals surface area contributed by atoms with Crippen LogP contribution < -0.4 is 16.2 Å². The molecule has 0 fully saturated rings. The summed E-state index contributed by atoms with van der Waals surface area (Å²) in [5.74, 6) is 1.15. The van der Waals surface area contributed by atoms with Gasteiger partial charge in [-0.2, -0.15) is 0 Å². The quantitative estimate of drug-likeness (QED) is 0.532. The number of hydrogen-bond acceptors (Lipinski definition) is 3. The van der Waals surface area contributed by atoms with Crippen molar-refractivity contribution >= 4 is 16.5 Å². The molecule has 0 saturated carbocycles. The largest absolute Gasteiger partial charge is 0.457 e. The molecular weight excluding hydrogens is 327 g/mol. The van der Waals surface area contributed by atoms with Gasteiger partial charge < -0.3 is 16.2 Å². The first-order valence-corrected chi connectivity index (χ1v) is 8.92.